The first kappa shape index (κ1) is 9.53. The fourth-order valence-electron chi connectivity index (χ4n) is 3.15. The summed E-state index contributed by atoms with van der Waals surface area (Å²) in [7, 11) is 1.47. The Morgan fingerprint density at radius 1 is 1.13 bits per heavy atom. The number of rotatable bonds is 2. The lowest BCUT2D eigenvalue weighted by molar-refractivity contribution is -0.974. The van der Waals surface area contributed by atoms with Gasteiger partial charge in [0, 0.05) is 0 Å². The van der Waals surface area contributed by atoms with E-state index in [0.29, 0.717) is 6.54 Å². The Morgan fingerprint density at radius 2 is 1.60 bits per heavy atom. The molecule has 0 aromatic rings. The number of hydrogen-bond donors (Lipinski definition) is 0. The Balaban J connectivity index is 1.78. The molecule has 4 bridgehead atoms. The van der Waals surface area contributed by atoms with Gasteiger partial charge in [-0.25, -0.2) is 19.5 Å². The summed E-state index contributed by atoms with van der Waals surface area (Å²) in [5.74, 6) is -0.0967. The number of carbonyl (C=O) groups excluding carboxylic acids is 1. The molecule has 0 aromatic carbocycles. The summed E-state index contributed by atoms with van der Waals surface area (Å²) in [5, 5.41) is 0. The van der Waals surface area contributed by atoms with Gasteiger partial charge in [0.1, 0.15) is 20.0 Å². The van der Waals surface area contributed by atoms with Crippen molar-refractivity contribution in [3.63, 3.8) is 0 Å². The summed E-state index contributed by atoms with van der Waals surface area (Å²) < 4.78 is 5.61. The van der Waals surface area contributed by atoms with Crippen molar-refractivity contribution in [2.75, 3.05) is 53.7 Å². The van der Waals surface area contributed by atoms with Crippen LogP contribution in [0.25, 0.3) is 0 Å². The van der Waals surface area contributed by atoms with Crippen molar-refractivity contribution < 1.29 is 14.0 Å². The van der Waals surface area contributed by atoms with Gasteiger partial charge in [0.15, 0.2) is 6.54 Å². The van der Waals surface area contributed by atoms with E-state index >= 15 is 0 Å². The molecule has 4 rings (SSSR count). The van der Waals surface area contributed by atoms with Gasteiger partial charge >= 0.3 is 5.97 Å². The summed E-state index contributed by atoms with van der Waals surface area (Å²) in [4.78, 5) is 18.6. The van der Waals surface area contributed by atoms with E-state index in [2.05, 4.69) is 14.7 Å². The average Bonchev–Trinajstić information content (AvgIpc) is 2.14. The van der Waals surface area contributed by atoms with Crippen LogP contribution < -0.4 is 0 Å². The standard InChI is InChI=1S/C9H17N4O2/c1-15-9(14)2-13-6-10-3-11(7-13)5-12(4-10)8-13/h2-8H2,1H3/q+1. The number of ether oxygens (including phenoxy) is 1. The van der Waals surface area contributed by atoms with E-state index in [0.717, 1.165) is 44.5 Å². The topological polar surface area (TPSA) is 36.0 Å². The highest BCUT2D eigenvalue weighted by Crippen LogP contribution is 2.28. The van der Waals surface area contributed by atoms with Crippen LogP contribution in [0.5, 0.6) is 0 Å². The molecule has 0 unspecified atom stereocenters. The number of hydrogen-bond acceptors (Lipinski definition) is 5. The van der Waals surface area contributed by atoms with Gasteiger partial charge in [-0.3, -0.25) is 4.48 Å². The predicted molar refractivity (Wildman–Crippen MR) is 51.9 cm³/mol. The van der Waals surface area contributed by atoms with E-state index in [9.17, 15) is 4.79 Å². The molecule has 0 amide bonds. The molecule has 0 spiro atoms. The van der Waals surface area contributed by atoms with Gasteiger partial charge in [0.25, 0.3) is 0 Å². The zero-order valence-corrected chi connectivity index (χ0v) is 9.06. The van der Waals surface area contributed by atoms with Crippen molar-refractivity contribution in [1.29, 1.82) is 0 Å². The molecule has 0 aliphatic carbocycles. The molecule has 15 heavy (non-hydrogen) atoms. The minimum absolute atomic E-state index is 0.0967. The maximum atomic E-state index is 11.4. The van der Waals surface area contributed by atoms with Gasteiger partial charge in [-0.15, -0.1) is 0 Å². The van der Waals surface area contributed by atoms with E-state index in [-0.39, 0.29) is 5.97 Å². The summed E-state index contributed by atoms with van der Waals surface area (Å²) in [6, 6.07) is 0. The van der Waals surface area contributed by atoms with Crippen LogP contribution in [0.4, 0.5) is 0 Å². The molecule has 0 saturated carbocycles. The third-order valence-electron chi connectivity index (χ3n) is 3.39. The van der Waals surface area contributed by atoms with Gasteiger partial charge < -0.3 is 4.74 Å². The molecule has 6 heteroatoms. The van der Waals surface area contributed by atoms with Crippen LogP contribution in [-0.4, -0.2) is 78.8 Å². The number of esters is 1. The smallest absolute Gasteiger partial charge is 0.361 e. The highest BCUT2D eigenvalue weighted by molar-refractivity contribution is 5.70. The van der Waals surface area contributed by atoms with Crippen LogP contribution in [0.15, 0.2) is 0 Å². The number of quaternary nitrogens is 1. The highest BCUT2D eigenvalue weighted by atomic mass is 16.5. The maximum absolute atomic E-state index is 11.4. The number of methoxy groups -OCH3 is 1. The maximum Gasteiger partial charge on any atom is 0.361 e. The number of carbonyl (C=O) groups is 1. The monoisotopic (exact) mass is 213 g/mol. The Labute approximate surface area is 89.2 Å². The molecule has 0 atom stereocenters. The Hall–Kier alpha value is -0.690. The van der Waals surface area contributed by atoms with Crippen LogP contribution in [0.2, 0.25) is 0 Å². The molecule has 4 saturated heterocycles. The van der Waals surface area contributed by atoms with Crippen LogP contribution in [0.1, 0.15) is 0 Å². The number of nitrogens with zero attached hydrogens (tertiary/aromatic N) is 4. The zero-order valence-electron chi connectivity index (χ0n) is 9.06. The van der Waals surface area contributed by atoms with Crippen LogP contribution >= 0.6 is 0 Å². The quantitative estimate of drug-likeness (QED) is 0.419. The normalized spacial score (nSPS) is 46.9. The van der Waals surface area contributed by atoms with Crippen molar-refractivity contribution in [1.82, 2.24) is 14.7 Å². The second-order valence-corrected chi connectivity index (χ2v) is 4.94. The lowest BCUT2D eigenvalue weighted by atomic mass is 10.3. The zero-order chi connectivity index (χ0) is 10.5. The van der Waals surface area contributed by atoms with E-state index in [4.69, 9.17) is 4.74 Å². The van der Waals surface area contributed by atoms with Gasteiger partial charge in [-0.05, 0) is 0 Å². The molecular weight excluding hydrogens is 196 g/mol. The summed E-state index contributed by atoms with van der Waals surface area (Å²) in [6.07, 6.45) is 0. The Kier molecular flexibility index (Phi) is 2.00. The molecule has 0 aromatic heterocycles. The molecule has 4 fully saturated rings. The first-order valence-corrected chi connectivity index (χ1v) is 5.28. The van der Waals surface area contributed by atoms with Gasteiger partial charge in [-0.2, -0.15) is 0 Å². The van der Waals surface area contributed by atoms with Crippen molar-refractivity contribution >= 4 is 5.97 Å². The molecule has 0 radical (unpaired) electrons. The second kappa shape index (κ2) is 3.15. The first-order valence-electron chi connectivity index (χ1n) is 5.28. The molecule has 0 N–H and O–H groups in total. The second-order valence-electron chi connectivity index (χ2n) is 4.94. The SMILES string of the molecule is COC(=O)C[N+]12CN3CN(CN(C3)C1)C2. The molecule has 4 aliphatic rings. The van der Waals surface area contributed by atoms with E-state index in [1.165, 1.54) is 7.11 Å². The largest absolute Gasteiger partial charge is 0.465 e. The van der Waals surface area contributed by atoms with Crippen molar-refractivity contribution in [2.24, 2.45) is 0 Å². The van der Waals surface area contributed by atoms with Gasteiger partial charge in [-0.1, -0.05) is 0 Å². The van der Waals surface area contributed by atoms with Crippen molar-refractivity contribution in [3.05, 3.63) is 0 Å². The van der Waals surface area contributed by atoms with Gasteiger partial charge in [0.05, 0.1) is 27.1 Å². The lowest BCUT2D eigenvalue weighted by Gasteiger charge is -2.60. The molecule has 6 nitrogen and oxygen atoms in total. The van der Waals surface area contributed by atoms with Crippen molar-refractivity contribution in [3.8, 4) is 0 Å². The molecule has 4 heterocycles. The molecular formula is C9H17N4O2+. The summed E-state index contributed by atoms with van der Waals surface area (Å²) >= 11 is 0. The molecule has 84 valence electrons. The van der Waals surface area contributed by atoms with Crippen molar-refractivity contribution in [2.45, 2.75) is 0 Å². The fourth-order valence-corrected chi connectivity index (χ4v) is 3.15. The summed E-state index contributed by atoms with van der Waals surface area (Å²) in [5.41, 5.74) is 0. The lowest BCUT2D eigenvalue weighted by Crippen LogP contribution is -2.79. The van der Waals surface area contributed by atoms with Gasteiger partial charge in [0.2, 0.25) is 0 Å². The minimum atomic E-state index is -0.0967. The minimum Gasteiger partial charge on any atom is -0.465 e. The van der Waals surface area contributed by atoms with E-state index in [1.807, 2.05) is 0 Å². The van der Waals surface area contributed by atoms with Crippen LogP contribution in [-0.2, 0) is 9.53 Å². The Bertz CT molecular complexity index is 259. The molecule has 4 aliphatic heterocycles. The van der Waals surface area contributed by atoms with E-state index < -0.39 is 0 Å². The fraction of sp³-hybridized carbons (Fsp3) is 0.889. The first-order chi connectivity index (χ1) is 7.19. The van der Waals surface area contributed by atoms with Crippen LogP contribution in [0.3, 0.4) is 0 Å². The average molecular weight is 213 g/mol. The van der Waals surface area contributed by atoms with E-state index in [1.54, 1.807) is 0 Å². The van der Waals surface area contributed by atoms with Crippen LogP contribution in [0, 0.1) is 0 Å². The summed E-state index contributed by atoms with van der Waals surface area (Å²) in [6.45, 7) is 6.62. The third-order valence-corrected chi connectivity index (χ3v) is 3.39. The third kappa shape index (κ3) is 1.53. The highest BCUT2D eigenvalue weighted by Gasteiger charge is 2.49. The Morgan fingerprint density at radius 3 is 2.00 bits per heavy atom. The predicted octanol–water partition coefficient (Wildman–Crippen LogP) is -1.33.